The third-order valence-electron chi connectivity index (χ3n) is 3.51. The topological polar surface area (TPSA) is 53.6 Å². The number of carbonyl (C=O) groups excluding carboxylic acids is 1. The van der Waals surface area contributed by atoms with Gasteiger partial charge >= 0.3 is 6.03 Å². The number of ether oxygens (including phenoxy) is 1. The van der Waals surface area contributed by atoms with E-state index in [1.807, 2.05) is 49.5 Å². The lowest BCUT2D eigenvalue weighted by molar-refractivity contribution is 0.252. The molecule has 0 radical (unpaired) electrons. The summed E-state index contributed by atoms with van der Waals surface area (Å²) in [6.45, 7) is 1.48. The number of rotatable bonds is 7. The Hall–Kier alpha value is -2.69. The SMILES string of the molecule is COc1ccccc1NC(=O)NCCCN(C)c1ccccc1. The van der Waals surface area contributed by atoms with Gasteiger partial charge in [-0.1, -0.05) is 30.3 Å². The van der Waals surface area contributed by atoms with E-state index in [2.05, 4.69) is 27.7 Å². The third-order valence-corrected chi connectivity index (χ3v) is 3.51. The first-order valence-corrected chi connectivity index (χ1v) is 7.65. The molecule has 2 rings (SSSR count). The van der Waals surface area contributed by atoms with Gasteiger partial charge in [0.05, 0.1) is 12.8 Å². The zero-order chi connectivity index (χ0) is 16.5. The molecule has 2 amide bonds. The predicted molar refractivity (Wildman–Crippen MR) is 94.3 cm³/mol. The van der Waals surface area contributed by atoms with Crippen LogP contribution in [0.25, 0.3) is 0 Å². The number of urea groups is 1. The first-order chi connectivity index (χ1) is 11.2. The number of carbonyl (C=O) groups is 1. The van der Waals surface area contributed by atoms with E-state index in [0.717, 1.165) is 13.0 Å². The van der Waals surface area contributed by atoms with Gasteiger partial charge in [-0.15, -0.1) is 0 Å². The summed E-state index contributed by atoms with van der Waals surface area (Å²) in [5, 5.41) is 5.65. The van der Waals surface area contributed by atoms with Gasteiger partial charge in [0.15, 0.2) is 0 Å². The molecule has 5 nitrogen and oxygen atoms in total. The molecule has 122 valence electrons. The first-order valence-electron chi connectivity index (χ1n) is 7.65. The second kappa shape index (κ2) is 8.68. The summed E-state index contributed by atoms with van der Waals surface area (Å²) in [7, 11) is 3.63. The average molecular weight is 313 g/mol. The number of nitrogens with one attached hydrogen (secondary N) is 2. The summed E-state index contributed by atoms with van der Waals surface area (Å²) in [6.07, 6.45) is 0.866. The summed E-state index contributed by atoms with van der Waals surface area (Å²) in [4.78, 5) is 14.1. The molecule has 2 N–H and O–H groups in total. The van der Waals surface area contributed by atoms with E-state index in [9.17, 15) is 4.79 Å². The van der Waals surface area contributed by atoms with Crippen molar-refractivity contribution >= 4 is 17.4 Å². The molecule has 0 unspecified atom stereocenters. The van der Waals surface area contributed by atoms with Crippen LogP contribution < -0.4 is 20.3 Å². The van der Waals surface area contributed by atoms with E-state index in [-0.39, 0.29) is 6.03 Å². The Morgan fingerprint density at radius 1 is 1.09 bits per heavy atom. The van der Waals surface area contributed by atoms with Gasteiger partial charge in [0.1, 0.15) is 5.75 Å². The Morgan fingerprint density at radius 2 is 1.78 bits per heavy atom. The maximum absolute atomic E-state index is 11.9. The minimum Gasteiger partial charge on any atom is -0.495 e. The molecule has 0 saturated heterocycles. The van der Waals surface area contributed by atoms with Crippen LogP contribution in [0.5, 0.6) is 5.75 Å². The van der Waals surface area contributed by atoms with Gasteiger partial charge in [0.2, 0.25) is 0 Å². The second-order valence-corrected chi connectivity index (χ2v) is 5.19. The average Bonchev–Trinajstić information content (AvgIpc) is 2.59. The second-order valence-electron chi connectivity index (χ2n) is 5.19. The maximum Gasteiger partial charge on any atom is 0.319 e. The highest BCUT2D eigenvalue weighted by Gasteiger charge is 2.06. The molecule has 0 saturated carbocycles. The monoisotopic (exact) mass is 313 g/mol. The molecular formula is C18H23N3O2. The zero-order valence-corrected chi connectivity index (χ0v) is 13.6. The lowest BCUT2D eigenvalue weighted by Crippen LogP contribution is -2.31. The van der Waals surface area contributed by atoms with Crippen molar-refractivity contribution < 1.29 is 9.53 Å². The van der Waals surface area contributed by atoms with Crippen molar-refractivity contribution in [2.45, 2.75) is 6.42 Å². The van der Waals surface area contributed by atoms with Crippen molar-refractivity contribution in [2.24, 2.45) is 0 Å². The first kappa shape index (κ1) is 16.7. The fourth-order valence-corrected chi connectivity index (χ4v) is 2.24. The molecule has 0 aromatic heterocycles. The zero-order valence-electron chi connectivity index (χ0n) is 13.6. The minimum absolute atomic E-state index is 0.225. The number of amides is 2. The fourth-order valence-electron chi connectivity index (χ4n) is 2.24. The lowest BCUT2D eigenvalue weighted by atomic mass is 10.3. The van der Waals surface area contributed by atoms with Crippen molar-refractivity contribution in [3.05, 3.63) is 54.6 Å². The van der Waals surface area contributed by atoms with E-state index in [1.165, 1.54) is 5.69 Å². The number of anilines is 2. The third kappa shape index (κ3) is 5.21. The van der Waals surface area contributed by atoms with Gasteiger partial charge in [-0.3, -0.25) is 0 Å². The van der Waals surface area contributed by atoms with E-state index in [0.29, 0.717) is 18.0 Å². The molecule has 23 heavy (non-hydrogen) atoms. The Balaban J connectivity index is 1.71. The van der Waals surface area contributed by atoms with Crippen LogP contribution in [0.1, 0.15) is 6.42 Å². The fraction of sp³-hybridized carbons (Fsp3) is 0.278. The van der Waals surface area contributed by atoms with Crippen LogP contribution in [0.15, 0.2) is 54.6 Å². The highest BCUT2D eigenvalue weighted by Crippen LogP contribution is 2.22. The molecular weight excluding hydrogens is 290 g/mol. The Labute approximate surface area is 137 Å². The largest absolute Gasteiger partial charge is 0.495 e. The van der Waals surface area contributed by atoms with Gasteiger partial charge in [0.25, 0.3) is 0 Å². The molecule has 2 aromatic rings. The molecule has 5 heteroatoms. The van der Waals surface area contributed by atoms with Crippen LogP contribution >= 0.6 is 0 Å². The van der Waals surface area contributed by atoms with Crippen molar-refractivity contribution in [1.82, 2.24) is 5.32 Å². The number of para-hydroxylation sites is 3. The van der Waals surface area contributed by atoms with E-state index < -0.39 is 0 Å². The van der Waals surface area contributed by atoms with Crippen molar-refractivity contribution in [1.29, 1.82) is 0 Å². The Morgan fingerprint density at radius 3 is 2.52 bits per heavy atom. The molecule has 0 atom stereocenters. The molecule has 0 aliphatic rings. The quantitative estimate of drug-likeness (QED) is 0.771. The normalized spacial score (nSPS) is 10.0. The summed E-state index contributed by atoms with van der Waals surface area (Å²) in [5.41, 5.74) is 1.83. The number of methoxy groups -OCH3 is 1. The van der Waals surface area contributed by atoms with E-state index in [1.54, 1.807) is 7.11 Å². The molecule has 0 aliphatic carbocycles. The Bertz CT molecular complexity index is 617. The van der Waals surface area contributed by atoms with E-state index in [4.69, 9.17) is 4.74 Å². The highest BCUT2D eigenvalue weighted by atomic mass is 16.5. The van der Waals surface area contributed by atoms with Crippen LogP contribution in [0.3, 0.4) is 0 Å². The van der Waals surface area contributed by atoms with Crippen molar-refractivity contribution in [3.63, 3.8) is 0 Å². The molecule has 0 bridgehead atoms. The molecule has 0 spiro atoms. The van der Waals surface area contributed by atoms with Gasteiger partial charge < -0.3 is 20.3 Å². The molecule has 0 fully saturated rings. The van der Waals surface area contributed by atoms with Crippen LogP contribution in [-0.4, -0.2) is 33.3 Å². The standard InChI is InChI=1S/C18H23N3O2/c1-21(15-9-4-3-5-10-15)14-8-13-19-18(22)20-16-11-6-7-12-17(16)23-2/h3-7,9-12H,8,13-14H2,1-2H3,(H2,19,20,22). The highest BCUT2D eigenvalue weighted by molar-refractivity contribution is 5.90. The summed E-state index contributed by atoms with van der Waals surface area (Å²) < 4.78 is 5.20. The van der Waals surface area contributed by atoms with Crippen molar-refractivity contribution in [3.8, 4) is 5.75 Å². The number of hydrogen-bond donors (Lipinski definition) is 2. The minimum atomic E-state index is -0.225. The van der Waals surface area contributed by atoms with E-state index >= 15 is 0 Å². The Kier molecular flexibility index (Phi) is 6.29. The predicted octanol–water partition coefficient (Wildman–Crippen LogP) is 3.34. The molecule has 2 aromatic carbocycles. The smallest absolute Gasteiger partial charge is 0.319 e. The molecule has 0 aliphatic heterocycles. The van der Waals surface area contributed by atoms with Gasteiger partial charge in [-0.05, 0) is 30.7 Å². The van der Waals surface area contributed by atoms with Crippen LogP contribution in [0.2, 0.25) is 0 Å². The summed E-state index contributed by atoms with van der Waals surface area (Å²) >= 11 is 0. The number of benzene rings is 2. The van der Waals surface area contributed by atoms with Gasteiger partial charge in [-0.25, -0.2) is 4.79 Å². The summed E-state index contributed by atoms with van der Waals surface area (Å²) in [5.74, 6) is 0.645. The lowest BCUT2D eigenvalue weighted by Gasteiger charge is -2.19. The van der Waals surface area contributed by atoms with Gasteiger partial charge in [0, 0.05) is 25.8 Å². The van der Waals surface area contributed by atoms with Crippen LogP contribution in [0.4, 0.5) is 16.2 Å². The molecule has 0 heterocycles. The number of hydrogen-bond acceptors (Lipinski definition) is 3. The maximum atomic E-state index is 11.9. The van der Waals surface area contributed by atoms with Crippen LogP contribution in [-0.2, 0) is 0 Å². The van der Waals surface area contributed by atoms with Crippen LogP contribution in [0, 0.1) is 0 Å². The number of nitrogens with zero attached hydrogens (tertiary/aromatic N) is 1. The summed E-state index contributed by atoms with van der Waals surface area (Å²) in [6, 6.07) is 17.3. The van der Waals surface area contributed by atoms with Gasteiger partial charge in [-0.2, -0.15) is 0 Å². The van der Waals surface area contributed by atoms with Crippen molar-refractivity contribution in [2.75, 3.05) is 37.5 Å².